The van der Waals surface area contributed by atoms with E-state index in [0.29, 0.717) is 50.3 Å². The molecular weight excluding hydrogens is 485 g/mol. The van der Waals surface area contributed by atoms with Gasteiger partial charge in [-0.1, -0.05) is 43.1 Å². The summed E-state index contributed by atoms with van der Waals surface area (Å²) < 4.78 is 10.5. The Morgan fingerprint density at radius 2 is 2.00 bits per heavy atom. The maximum Gasteiger partial charge on any atom is 0.336 e. The number of rotatable bonds is 7. The first-order valence-corrected chi connectivity index (χ1v) is 12.6. The van der Waals surface area contributed by atoms with Crippen molar-refractivity contribution in [3.63, 3.8) is 0 Å². The lowest BCUT2D eigenvalue weighted by Crippen LogP contribution is -2.43. The molecule has 1 aliphatic heterocycles. The van der Waals surface area contributed by atoms with Crippen molar-refractivity contribution in [3.05, 3.63) is 56.3 Å². The van der Waals surface area contributed by atoms with E-state index in [4.69, 9.17) is 32.7 Å². The number of carbonyl (C=O) groups excluding carboxylic acids is 3. The van der Waals surface area contributed by atoms with Gasteiger partial charge in [-0.2, -0.15) is 11.8 Å². The maximum absolute atomic E-state index is 13.7. The van der Waals surface area contributed by atoms with Crippen LogP contribution in [-0.2, 0) is 23.9 Å². The zero-order chi connectivity index (χ0) is 24.3. The Morgan fingerprint density at radius 3 is 2.64 bits per heavy atom. The summed E-state index contributed by atoms with van der Waals surface area (Å²) in [5.41, 5.74) is 2.46. The molecule has 1 aromatic carbocycles. The Kier molecular flexibility index (Phi) is 8.54. The summed E-state index contributed by atoms with van der Waals surface area (Å²) in [5, 5.41) is 3.99. The molecule has 0 spiro atoms. The average Bonchev–Trinajstić information content (AvgIpc) is 2.75. The Hall–Kier alpha value is -1.96. The van der Waals surface area contributed by atoms with Gasteiger partial charge in [0.1, 0.15) is 12.5 Å². The van der Waals surface area contributed by atoms with Crippen molar-refractivity contribution in [2.75, 3.05) is 25.2 Å². The largest absolute Gasteiger partial charge is 0.468 e. The summed E-state index contributed by atoms with van der Waals surface area (Å²) in [7, 11) is 1.26. The molecule has 0 bridgehead atoms. The maximum atomic E-state index is 13.7. The van der Waals surface area contributed by atoms with Gasteiger partial charge in [0.2, 0.25) is 0 Å². The monoisotopic (exact) mass is 511 g/mol. The zero-order valence-corrected chi connectivity index (χ0v) is 21.3. The van der Waals surface area contributed by atoms with E-state index in [2.05, 4.69) is 5.32 Å². The van der Waals surface area contributed by atoms with E-state index in [9.17, 15) is 14.4 Å². The smallest absolute Gasteiger partial charge is 0.336 e. The fourth-order valence-electron chi connectivity index (χ4n) is 4.41. The minimum Gasteiger partial charge on any atom is -0.468 e. The van der Waals surface area contributed by atoms with Crippen LogP contribution in [0.5, 0.6) is 0 Å². The van der Waals surface area contributed by atoms with Gasteiger partial charge in [-0.05, 0) is 42.7 Å². The second kappa shape index (κ2) is 11.0. The fourth-order valence-corrected chi connectivity index (χ4v) is 5.42. The van der Waals surface area contributed by atoms with Gasteiger partial charge in [0.05, 0.1) is 12.7 Å². The predicted molar refractivity (Wildman–Crippen MR) is 130 cm³/mol. The van der Waals surface area contributed by atoms with E-state index in [1.54, 1.807) is 36.9 Å². The Bertz CT molecular complexity index is 1040. The van der Waals surface area contributed by atoms with Crippen molar-refractivity contribution >= 4 is 52.7 Å². The predicted octanol–water partition coefficient (Wildman–Crippen LogP) is 4.90. The number of thioether (sulfide) groups is 1. The van der Waals surface area contributed by atoms with Crippen LogP contribution in [0.2, 0.25) is 10.0 Å². The number of halogens is 2. The molecule has 3 atom stereocenters. The topological polar surface area (TPSA) is 81.7 Å². The highest BCUT2D eigenvalue weighted by atomic mass is 35.5. The number of ketones is 1. The van der Waals surface area contributed by atoms with Crippen molar-refractivity contribution in [1.82, 2.24) is 5.32 Å². The van der Waals surface area contributed by atoms with E-state index in [0.717, 1.165) is 5.75 Å². The number of carbonyl (C=O) groups is 3. The Balaban J connectivity index is 2.11. The third-order valence-electron chi connectivity index (χ3n) is 5.90. The number of ether oxygens (including phenoxy) is 2. The van der Waals surface area contributed by atoms with E-state index >= 15 is 0 Å². The molecule has 0 aromatic heterocycles. The highest BCUT2D eigenvalue weighted by Crippen LogP contribution is 2.47. The molecule has 1 aromatic rings. The lowest BCUT2D eigenvalue weighted by atomic mass is 9.69. The molecular formula is C24H27Cl2NO5S. The molecule has 6 nitrogen and oxygen atoms in total. The lowest BCUT2D eigenvalue weighted by Gasteiger charge is -2.38. The molecule has 0 saturated carbocycles. The van der Waals surface area contributed by atoms with Crippen molar-refractivity contribution in [2.45, 2.75) is 33.1 Å². The fraction of sp³-hybridized carbons (Fsp3) is 0.458. The van der Waals surface area contributed by atoms with E-state index < -0.39 is 23.8 Å². The number of esters is 2. The van der Waals surface area contributed by atoms with Crippen molar-refractivity contribution in [1.29, 1.82) is 0 Å². The summed E-state index contributed by atoms with van der Waals surface area (Å²) in [6, 6.07) is 4.94. The molecule has 1 aliphatic carbocycles. The molecule has 1 heterocycles. The number of benzene rings is 1. The van der Waals surface area contributed by atoms with Crippen LogP contribution in [0.1, 0.15) is 38.7 Å². The van der Waals surface area contributed by atoms with Crippen molar-refractivity contribution < 1.29 is 23.9 Å². The zero-order valence-electron chi connectivity index (χ0n) is 19.0. The molecule has 33 heavy (non-hydrogen) atoms. The molecule has 3 rings (SSSR count). The first kappa shape index (κ1) is 25.7. The van der Waals surface area contributed by atoms with E-state index in [-0.39, 0.29) is 18.3 Å². The van der Waals surface area contributed by atoms with Gasteiger partial charge in [0, 0.05) is 38.7 Å². The SMILES string of the molecule is CCSCCOC(=O)C1=C(C)NC2=C(C(=O)[C@H](C(=O)OC)[C@H](C)C2)[C@H]1c1ccc(Cl)cc1Cl. The van der Waals surface area contributed by atoms with Crippen molar-refractivity contribution in [3.8, 4) is 0 Å². The van der Waals surface area contributed by atoms with Crippen molar-refractivity contribution in [2.24, 2.45) is 11.8 Å². The number of nitrogens with one attached hydrogen (secondary N) is 1. The van der Waals surface area contributed by atoms with Crippen LogP contribution < -0.4 is 5.32 Å². The lowest BCUT2D eigenvalue weighted by molar-refractivity contribution is -0.151. The average molecular weight is 512 g/mol. The van der Waals surface area contributed by atoms with Gasteiger partial charge >= 0.3 is 11.9 Å². The van der Waals surface area contributed by atoms with Gasteiger partial charge in [-0.25, -0.2) is 4.79 Å². The highest BCUT2D eigenvalue weighted by Gasteiger charge is 2.47. The summed E-state index contributed by atoms with van der Waals surface area (Å²) in [6.07, 6.45) is 0.454. The Labute approximate surface area is 208 Å². The quantitative estimate of drug-likeness (QED) is 0.316. The third-order valence-corrected chi connectivity index (χ3v) is 7.33. The van der Waals surface area contributed by atoms with Gasteiger partial charge in [-0.15, -0.1) is 0 Å². The number of hydrogen-bond donors (Lipinski definition) is 1. The van der Waals surface area contributed by atoms with Gasteiger partial charge in [-0.3, -0.25) is 9.59 Å². The van der Waals surface area contributed by atoms with E-state index in [1.165, 1.54) is 7.11 Å². The minimum atomic E-state index is -0.958. The van der Waals surface area contributed by atoms with E-state index in [1.807, 2.05) is 13.8 Å². The summed E-state index contributed by atoms with van der Waals surface area (Å²) >= 11 is 14.3. The first-order chi connectivity index (χ1) is 15.7. The second-order valence-electron chi connectivity index (χ2n) is 8.03. The molecule has 0 fully saturated rings. The van der Waals surface area contributed by atoms with Crippen LogP contribution in [-0.4, -0.2) is 42.9 Å². The van der Waals surface area contributed by atoms with Crippen LogP contribution in [0.25, 0.3) is 0 Å². The molecule has 1 N–H and O–H groups in total. The molecule has 0 amide bonds. The number of Topliss-reactive ketones (excluding diaryl/α,β-unsaturated/α-hetero) is 1. The number of methoxy groups -OCH3 is 1. The third kappa shape index (κ3) is 5.26. The van der Waals surface area contributed by atoms with Crippen LogP contribution in [0, 0.1) is 11.8 Å². The second-order valence-corrected chi connectivity index (χ2v) is 10.3. The normalized spacial score (nSPS) is 22.6. The molecule has 0 radical (unpaired) electrons. The van der Waals surface area contributed by atoms with Crippen LogP contribution in [0.3, 0.4) is 0 Å². The number of allylic oxidation sites excluding steroid dienone is 3. The molecule has 178 valence electrons. The molecule has 9 heteroatoms. The standard InChI is InChI=1S/C24H27Cl2NO5S/c1-5-33-9-8-32-24(30)19-13(3)27-17-10-12(2)18(23(29)31-4)22(28)21(17)20(19)15-7-6-14(25)11-16(15)26/h6-7,11-12,18,20,27H,5,8-10H2,1-4H3/t12-,18-,20+/m1/s1. The van der Waals surface area contributed by atoms with Crippen LogP contribution in [0.4, 0.5) is 0 Å². The Morgan fingerprint density at radius 1 is 1.27 bits per heavy atom. The molecule has 0 unspecified atom stereocenters. The van der Waals surface area contributed by atoms with Crippen LogP contribution >= 0.6 is 35.0 Å². The van der Waals surface area contributed by atoms with Crippen LogP contribution in [0.15, 0.2) is 40.7 Å². The van der Waals surface area contributed by atoms with Gasteiger partial charge < -0.3 is 14.8 Å². The van der Waals surface area contributed by atoms with Gasteiger partial charge in [0.25, 0.3) is 0 Å². The minimum absolute atomic E-state index is 0.247. The summed E-state index contributed by atoms with van der Waals surface area (Å²) in [6.45, 7) is 5.89. The highest BCUT2D eigenvalue weighted by molar-refractivity contribution is 7.99. The summed E-state index contributed by atoms with van der Waals surface area (Å²) in [4.78, 5) is 39.4. The van der Waals surface area contributed by atoms with Gasteiger partial charge in [0.15, 0.2) is 5.78 Å². The number of hydrogen-bond acceptors (Lipinski definition) is 7. The summed E-state index contributed by atoms with van der Waals surface area (Å²) in [5.74, 6) is -1.91. The first-order valence-electron chi connectivity index (χ1n) is 10.7. The molecule has 0 saturated heterocycles. The number of dihydropyridines is 1. The molecule has 2 aliphatic rings.